The molecule has 0 unspecified atom stereocenters. The summed E-state index contributed by atoms with van der Waals surface area (Å²) in [5, 5.41) is 7.06. The van der Waals surface area contributed by atoms with Crippen LogP contribution in [0.3, 0.4) is 0 Å². The number of furan rings is 1. The Morgan fingerprint density at radius 2 is 1.00 bits per heavy atom. The van der Waals surface area contributed by atoms with Crippen LogP contribution in [0, 0.1) is 0 Å². The zero-order valence-electron chi connectivity index (χ0n) is 34.1. The molecule has 1 aliphatic carbocycles. The molecule has 2 heteroatoms. The highest BCUT2D eigenvalue weighted by atomic mass is 16.3. The third-order valence-electron chi connectivity index (χ3n) is 13.0. The molecule has 2 nitrogen and oxygen atoms in total. The van der Waals surface area contributed by atoms with E-state index in [1.165, 1.54) is 60.7 Å². The van der Waals surface area contributed by atoms with Crippen molar-refractivity contribution in [2.75, 3.05) is 4.90 Å². The standard InChI is InChI=1S/C59H41NO/c1-59(2)52-21-9-7-20-50(52)57-53(59)22-12-24-55(57)60(46-31-27-39(28-32-46)42-16-11-17-43(35-42)44-26-25-38-13-3-4-15-41(38)36-44)54-23-10-8-18-47(54)45-30-34-56-51(37-45)49-33-29-40-14-5-6-19-48(40)58(49)61-56/h3-37H,1-2H3. The molecule has 0 aliphatic heterocycles. The lowest BCUT2D eigenvalue weighted by Crippen LogP contribution is -2.16. The lowest BCUT2D eigenvalue weighted by molar-refractivity contribution is 0.660. The normalized spacial score (nSPS) is 12.9. The number of rotatable bonds is 6. The summed E-state index contributed by atoms with van der Waals surface area (Å²) < 4.78 is 6.56. The predicted molar refractivity (Wildman–Crippen MR) is 257 cm³/mol. The van der Waals surface area contributed by atoms with Crippen molar-refractivity contribution in [3.63, 3.8) is 0 Å². The van der Waals surface area contributed by atoms with Crippen LogP contribution >= 0.6 is 0 Å². The molecule has 0 N–H and O–H groups in total. The second kappa shape index (κ2) is 13.7. The first-order valence-corrected chi connectivity index (χ1v) is 21.2. The Bertz CT molecular complexity index is 3520. The largest absolute Gasteiger partial charge is 0.455 e. The minimum atomic E-state index is -0.134. The number of fused-ring (bicyclic) bond motifs is 9. The molecule has 0 fully saturated rings. The van der Waals surface area contributed by atoms with Crippen molar-refractivity contribution in [2.24, 2.45) is 0 Å². The summed E-state index contributed by atoms with van der Waals surface area (Å²) in [7, 11) is 0. The van der Waals surface area contributed by atoms with E-state index in [1.54, 1.807) is 0 Å². The molecule has 10 aromatic carbocycles. The molecule has 0 bridgehead atoms. The molecule has 1 aromatic heterocycles. The van der Waals surface area contributed by atoms with Crippen LogP contribution in [0.1, 0.15) is 25.0 Å². The Hall–Kier alpha value is -7.68. The summed E-state index contributed by atoms with van der Waals surface area (Å²) in [6.07, 6.45) is 0. The molecule has 1 heterocycles. The van der Waals surface area contributed by atoms with E-state index in [1.807, 2.05) is 0 Å². The highest BCUT2D eigenvalue weighted by Crippen LogP contribution is 2.55. The summed E-state index contributed by atoms with van der Waals surface area (Å²) in [5.41, 5.74) is 17.4. The second-order valence-corrected chi connectivity index (χ2v) is 16.9. The van der Waals surface area contributed by atoms with Crippen LogP contribution in [0.25, 0.3) is 88.0 Å². The number of anilines is 3. The summed E-state index contributed by atoms with van der Waals surface area (Å²) in [6.45, 7) is 4.71. The van der Waals surface area contributed by atoms with E-state index in [-0.39, 0.29) is 5.41 Å². The van der Waals surface area contributed by atoms with Crippen molar-refractivity contribution < 1.29 is 4.42 Å². The summed E-state index contributed by atoms with van der Waals surface area (Å²) in [5.74, 6) is 0. The summed E-state index contributed by atoms with van der Waals surface area (Å²) >= 11 is 0. The smallest absolute Gasteiger partial charge is 0.143 e. The maximum atomic E-state index is 6.56. The van der Waals surface area contributed by atoms with Crippen molar-refractivity contribution in [1.82, 2.24) is 0 Å². The van der Waals surface area contributed by atoms with Gasteiger partial charge in [0.25, 0.3) is 0 Å². The summed E-state index contributed by atoms with van der Waals surface area (Å²) in [6, 6.07) is 77.5. The molecule has 0 spiro atoms. The molecular formula is C59H41NO. The van der Waals surface area contributed by atoms with Gasteiger partial charge in [-0.1, -0.05) is 172 Å². The molecular weight excluding hydrogens is 739 g/mol. The van der Waals surface area contributed by atoms with Gasteiger partial charge in [0.15, 0.2) is 0 Å². The highest BCUT2D eigenvalue weighted by molar-refractivity contribution is 6.16. The van der Waals surface area contributed by atoms with E-state index in [9.17, 15) is 0 Å². The Morgan fingerprint density at radius 3 is 1.87 bits per heavy atom. The van der Waals surface area contributed by atoms with Gasteiger partial charge in [-0.3, -0.25) is 0 Å². The monoisotopic (exact) mass is 779 g/mol. The van der Waals surface area contributed by atoms with Gasteiger partial charge in [0.1, 0.15) is 11.2 Å². The Kier molecular flexibility index (Phi) is 7.92. The van der Waals surface area contributed by atoms with Crippen LogP contribution in [-0.4, -0.2) is 0 Å². The SMILES string of the molecule is CC1(C)c2ccccc2-c2c(N(c3ccc(-c4cccc(-c5ccc6ccccc6c5)c4)cc3)c3ccccc3-c3ccc4oc5c6ccccc6ccc5c4c3)cccc21. The maximum absolute atomic E-state index is 6.56. The summed E-state index contributed by atoms with van der Waals surface area (Å²) in [4.78, 5) is 2.48. The minimum Gasteiger partial charge on any atom is -0.455 e. The van der Waals surface area contributed by atoms with Crippen molar-refractivity contribution in [2.45, 2.75) is 19.3 Å². The average Bonchev–Trinajstić information content (AvgIpc) is 3.81. The van der Waals surface area contributed by atoms with Crippen LogP contribution in [0.5, 0.6) is 0 Å². The van der Waals surface area contributed by atoms with E-state index in [0.29, 0.717) is 0 Å². The molecule has 61 heavy (non-hydrogen) atoms. The van der Waals surface area contributed by atoms with Crippen molar-refractivity contribution >= 4 is 60.5 Å². The Morgan fingerprint density at radius 1 is 0.377 bits per heavy atom. The molecule has 11 aromatic rings. The van der Waals surface area contributed by atoms with Crippen LogP contribution in [-0.2, 0) is 5.41 Å². The molecule has 0 saturated carbocycles. The molecule has 12 rings (SSSR count). The van der Waals surface area contributed by atoms with Crippen molar-refractivity contribution in [1.29, 1.82) is 0 Å². The highest BCUT2D eigenvalue weighted by Gasteiger charge is 2.38. The molecule has 1 aliphatic rings. The third-order valence-corrected chi connectivity index (χ3v) is 13.0. The number of nitrogens with zero attached hydrogens (tertiary/aromatic N) is 1. The van der Waals surface area contributed by atoms with Crippen LogP contribution in [0.4, 0.5) is 17.1 Å². The number of hydrogen-bond acceptors (Lipinski definition) is 2. The van der Waals surface area contributed by atoms with Crippen molar-refractivity contribution in [3.8, 4) is 44.5 Å². The molecule has 0 radical (unpaired) electrons. The van der Waals surface area contributed by atoms with Gasteiger partial charge in [-0.2, -0.15) is 0 Å². The predicted octanol–water partition coefficient (Wildman–Crippen LogP) is 16.7. The van der Waals surface area contributed by atoms with Gasteiger partial charge in [0.05, 0.1) is 11.4 Å². The van der Waals surface area contributed by atoms with Gasteiger partial charge in [-0.05, 0) is 115 Å². The van der Waals surface area contributed by atoms with Crippen molar-refractivity contribution in [3.05, 3.63) is 223 Å². The number of benzene rings is 10. The van der Waals surface area contributed by atoms with Gasteiger partial charge in [-0.25, -0.2) is 0 Å². The van der Waals surface area contributed by atoms with Gasteiger partial charge >= 0.3 is 0 Å². The Balaban J connectivity index is 1.02. The van der Waals surface area contributed by atoms with E-state index < -0.39 is 0 Å². The van der Waals surface area contributed by atoms with Crippen LogP contribution in [0.15, 0.2) is 217 Å². The molecule has 0 amide bonds. The van der Waals surface area contributed by atoms with Gasteiger partial charge in [-0.15, -0.1) is 0 Å². The van der Waals surface area contributed by atoms with E-state index in [2.05, 4.69) is 231 Å². The van der Waals surface area contributed by atoms with E-state index in [4.69, 9.17) is 4.42 Å². The van der Waals surface area contributed by atoms with Gasteiger partial charge in [0.2, 0.25) is 0 Å². The number of hydrogen-bond donors (Lipinski definition) is 0. The topological polar surface area (TPSA) is 16.4 Å². The fraction of sp³-hybridized carbons (Fsp3) is 0.0508. The lowest BCUT2D eigenvalue weighted by Gasteiger charge is -2.30. The first-order valence-electron chi connectivity index (χ1n) is 21.2. The molecule has 0 atom stereocenters. The van der Waals surface area contributed by atoms with Gasteiger partial charge in [0, 0.05) is 38.4 Å². The van der Waals surface area contributed by atoms with E-state index in [0.717, 1.165) is 55.5 Å². The zero-order valence-corrected chi connectivity index (χ0v) is 34.1. The maximum Gasteiger partial charge on any atom is 0.143 e. The average molecular weight is 780 g/mol. The number of para-hydroxylation sites is 1. The quantitative estimate of drug-likeness (QED) is 0.167. The Labute approximate surface area is 355 Å². The van der Waals surface area contributed by atoms with Crippen LogP contribution < -0.4 is 4.90 Å². The van der Waals surface area contributed by atoms with Crippen LogP contribution in [0.2, 0.25) is 0 Å². The van der Waals surface area contributed by atoms with E-state index >= 15 is 0 Å². The molecule has 288 valence electrons. The minimum absolute atomic E-state index is 0.134. The first kappa shape index (κ1) is 35.3. The zero-order chi connectivity index (χ0) is 40.7. The van der Waals surface area contributed by atoms with Gasteiger partial charge < -0.3 is 9.32 Å². The fourth-order valence-electron chi connectivity index (χ4n) is 9.96. The second-order valence-electron chi connectivity index (χ2n) is 16.9. The first-order chi connectivity index (χ1) is 30.0. The third kappa shape index (κ3) is 5.64. The lowest BCUT2D eigenvalue weighted by atomic mass is 9.82. The fourth-order valence-corrected chi connectivity index (χ4v) is 9.96. The molecule has 0 saturated heterocycles.